The normalized spacial score (nSPS) is 12.9. The third-order valence-electron chi connectivity index (χ3n) is 4.83. The van der Waals surface area contributed by atoms with Crippen LogP contribution in [-0.2, 0) is 44.6 Å². The van der Waals surface area contributed by atoms with Gasteiger partial charge in [0.2, 0.25) is 5.60 Å². The minimum atomic E-state index is -1.90. The van der Waals surface area contributed by atoms with Crippen LogP contribution in [0.3, 0.4) is 0 Å². The number of carboxylic acids is 1. The third kappa shape index (κ3) is 15.2. The number of ether oxygens (including phenoxy) is 3. The van der Waals surface area contributed by atoms with Crippen molar-refractivity contribution in [3.05, 3.63) is 59.8 Å². The molecule has 0 aliphatic heterocycles. The molecule has 14 nitrogen and oxygen atoms in total. The highest BCUT2D eigenvalue weighted by atomic mass is 16.6. The second-order valence-electron chi connectivity index (χ2n) is 10.2. The number of carboxylic acid groups (broad SMARTS) is 1. The van der Waals surface area contributed by atoms with Gasteiger partial charge in [0, 0.05) is 19.2 Å². The van der Waals surface area contributed by atoms with Crippen LogP contribution < -0.4 is 5.32 Å². The molecule has 0 heterocycles. The van der Waals surface area contributed by atoms with Crippen LogP contribution in [-0.4, -0.2) is 83.4 Å². The lowest BCUT2D eigenvalue weighted by atomic mass is 10.1. The summed E-state index contributed by atoms with van der Waals surface area (Å²) in [5, 5.41) is 11.4. The first-order valence-corrected chi connectivity index (χ1v) is 13.3. The van der Waals surface area contributed by atoms with Gasteiger partial charge in [0.15, 0.2) is 0 Å². The molecule has 14 heteroatoms. The van der Waals surface area contributed by atoms with Gasteiger partial charge in [0.25, 0.3) is 17.7 Å². The standard InChI is InChI=1S/C30H36N4O10/c1-7-42-19-24(36)31-16-12-11-15-21(26(38)43-29(2,3)4)34-25(37)22(17-20-13-9-8-10-14-20)33-23(35)18-32-28(41)44-30(5,6)27(39)40/h8-16,18H,7,17,19H2,1-6H3,(H,34,37)(H,39,40). The number of hydrogen-bond donors (Lipinski definition) is 2. The van der Waals surface area contributed by atoms with Crippen molar-refractivity contribution in [3.8, 4) is 0 Å². The second-order valence-corrected chi connectivity index (χ2v) is 10.2. The van der Waals surface area contributed by atoms with Crippen LogP contribution in [0.2, 0.25) is 0 Å². The lowest BCUT2D eigenvalue weighted by Crippen LogP contribution is -2.37. The largest absolute Gasteiger partial charge is 0.478 e. The molecule has 236 valence electrons. The van der Waals surface area contributed by atoms with E-state index in [9.17, 15) is 28.8 Å². The lowest BCUT2D eigenvalue weighted by Gasteiger charge is -2.20. The maximum absolute atomic E-state index is 13.3. The molecule has 0 saturated heterocycles. The quantitative estimate of drug-likeness (QED) is 0.144. The Morgan fingerprint density at radius 1 is 0.932 bits per heavy atom. The number of aliphatic carboxylic acids is 1. The Morgan fingerprint density at radius 2 is 1.59 bits per heavy atom. The van der Waals surface area contributed by atoms with Gasteiger partial charge < -0.3 is 24.6 Å². The summed E-state index contributed by atoms with van der Waals surface area (Å²) in [5.41, 5.74) is -2.91. The van der Waals surface area contributed by atoms with Gasteiger partial charge in [-0.2, -0.15) is 4.99 Å². The number of carbonyl (C=O) groups excluding carboxylic acids is 5. The van der Waals surface area contributed by atoms with Gasteiger partial charge >= 0.3 is 18.0 Å². The molecular formula is C30H36N4O10. The van der Waals surface area contributed by atoms with Crippen molar-refractivity contribution in [1.29, 1.82) is 0 Å². The van der Waals surface area contributed by atoms with E-state index >= 15 is 0 Å². The highest BCUT2D eigenvalue weighted by Crippen LogP contribution is 2.12. The van der Waals surface area contributed by atoms with E-state index in [1.54, 1.807) is 58.0 Å². The summed E-state index contributed by atoms with van der Waals surface area (Å²) in [5.74, 6) is -4.94. The van der Waals surface area contributed by atoms with E-state index in [4.69, 9.17) is 14.6 Å². The van der Waals surface area contributed by atoms with Crippen molar-refractivity contribution in [2.45, 2.75) is 59.2 Å². The average molecular weight is 613 g/mol. The third-order valence-corrected chi connectivity index (χ3v) is 4.83. The van der Waals surface area contributed by atoms with Crippen molar-refractivity contribution >= 4 is 53.9 Å². The first kappa shape index (κ1) is 36.9. The molecule has 0 unspecified atom stereocenters. The van der Waals surface area contributed by atoms with E-state index in [-0.39, 0.29) is 24.4 Å². The number of allylic oxidation sites excluding steroid dienone is 3. The first-order valence-electron chi connectivity index (χ1n) is 13.3. The molecule has 0 aromatic heterocycles. The molecule has 2 N–H and O–H groups in total. The van der Waals surface area contributed by atoms with Crippen molar-refractivity contribution in [3.63, 3.8) is 0 Å². The topological polar surface area (TPSA) is 199 Å². The van der Waals surface area contributed by atoms with Crippen LogP contribution in [0, 0.1) is 0 Å². The number of amides is 4. The molecular weight excluding hydrogens is 576 g/mol. The number of carbonyl (C=O) groups is 6. The van der Waals surface area contributed by atoms with Gasteiger partial charge in [-0.3, -0.25) is 14.4 Å². The molecule has 4 amide bonds. The van der Waals surface area contributed by atoms with Gasteiger partial charge in [-0.05, 0) is 59.3 Å². The van der Waals surface area contributed by atoms with E-state index in [0.29, 0.717) is 18.4 Å². The molecule has 0 aliphatic carbocycles. The minimum absolute atomic E-state index is 0.158. The Kier molecular flexibility index (Phi) is 14.9. The summed E-state index contributed by atoms with van der Waals surface area (Å²) < 4.78 is 15.0. The molecule has 0 spiro atoms. The summed E-state index contributed by atoms with van der Waals surface area (Å²) in [6.07, 6.45) is 3.99. The van der Waals surface area contributed by atoms with Gasteiger partial charge in [0.1, 0.15) is 29.8 Å². The van der Waals surface area contributed by atoms with Crippen molar-refractivity contribution < 1.29 is 48.1 Å². The highest BCUT2D eigenvalue weighted by Gasteiger charge is 2.31. The minimum Gasteiger partial charge on any atom is -0.478 e. The molecule has 0 fully saturated rings. The Balaban J connectivity index is 3.30. The Bertz CT molecular complexity index is 1370. The van der Waals surface area contributed by atoms with Crippen molar-refractivity contribution in [2.75, 3.05) is 13.2 Å². The fraction of sp³-hybridized carbons (Fsp3) is 0.367. The van der Waals surface area contributed by atoms with Gasteiger partial charge in [-0.15, -0.1) is 0 Å². The zero-order valence-corrected chi connectivity index (χ0v) is 25.4. The fourth-order valence-electron chi connectivity index (χ4n) is 2.76. The second kappa shape index (κ2) is 17.8. The summed E-state index contributed by atoms with van der Waals surface area (Å²) in [7, 11) is 0. The number of esters is 1. The smallest absolute Gasteiger partial charge is 0.434 e. The molecule has 0 bridgehead atoms. The van der Waals surface area contributed by atoms with E-state index < -0.39 is 47.0 Å². The van der Waals surface area contributed by atoms with Crippen LogP contribution in [0.25, 0.3) is 0 Å². The monoisotopic (exact) mass is 612 g/mol. The molecule has 1 rings (SSSR count). The van der Waals surface area contributed by atoms with Gasteiger partial charge in [-0.25, -0.2) is 24.4 Å². The van der Waals surface area contributed by atoms with Crippen LogP contribution in [0.5, 0.6) is 0 Å². The molecule has 0 aliphatic rings. The SMILES string of the molecule is CCOCC(=O)N=CC=CC=C(NC(=O)C(Cc1ccccc1)=NC(=O)C=NC(=O)OC(C)(C)C(=O)O)C(=O)OC(C)(C)C. The van der Waals surface area contributed by atoms with Crippen LogP contribution in [0.15, 0.2) is 69.2 Å². The predicted octanol–water partition coefficient (Wildman–Crippen LogP) is 2.80. The maximum atomic E-state index is 13.3. The zero-order valence-electron chi connectivity index (χ0n) is 25.4. The van der Waals surface area contributed by atoms with Crippen LogP contribution in [0.1, 0.15) is 47.1 Å². The predicted molar refractivity (Wildman–Crippen MR) is 160 cm³/mol. The Hall–Kier alpha value is -5.11. The number of nitrogens with one attached hydrogen (secondary N) is 1. The summed E-state index contributed by atoms with van der Waals surface area (Å²) >= 11 is 0. The molecule has 1 aromatic carbocycles. The Morgan fingerprint density at radius 3 is 2.18 bits per heavy atom. The highest BCUT2D eigenvalue weighted by molar-refractivity contribution is 6.44. The van der Waals surface area contributed by atoms with E-state index in [1.807, 2.05) is 0 Å². The molecule has 1 aromatic rings. The first-order chi connectivity index (χ1) is 20.5. The maximum Gasteiger partial charge on any atom is 0.434 e. The van der Waals surface area contributed by atoms with Crippen LogP contribution >= 0.6 is 0 Å². The molecule has 44 heavy (non-hydrogen) atoms. The summed E-state index contributed by atoms with van der Waals surface area (Å²) in [6, 6.07) is 8.49. The van der Waals surface area contributed by atoms with E-state index in [2.05, 4.69) is 25.0 Å². The van der Waals surface area contributed by atoms with Gasteiger partial charge in [0.05, 0.1) is 0 Å². The van der Waals surface area contributed by atoms with E-state index in [1.165, 1.54) is 24.4 Å². The van der Waals surface area contributed by atoms with Crippen LogP contribution in [0.4, 0.5) is 4.79 Å². The fourth-order valence-corrected chi connectivity index (χ4v) is 2.76. The molecule has 0 saturated carbocycles. The average Bonchev–Trinajstić information content (AvgIpc) is 2.93. The molecule has 0 radical (unpaired) electrons. The van der Waals surface area contributed by atoms with Crippen molar-refractivity contribution in [2.24, 2.45) is 15.0 Å². The molecule has 0 atom stereocenters. The zero-order chi connectivity index (χ0) is 33.3. The number of nitrogens with zero attached hydrogens (tertiary/aromatic N) is 3. The van der Waals surface area contributed by atoms with E-state index in [0.717, 1.165) is 13.8 Å². The summed E-state index contributed by atoms with van der Waals surface area (Å²) in [4.78, 5) is 83.9. The number of aliphatic imine (C=N–C) groups is 3. The van der Waals surface area contributed by atoms with Crippen molar-refractivity contribution in [1.82, 2.24) is 5.32 Å². The van der Waals surface area contributed by atoms with Gasteiger partial charge in [-0.1, -0.05) is 36.4 Å². The number of rotatable bonds is 13. The Labute approximate surface area is 254 Å². The number of benzene rings is 1. The summed E-state index contributed by atoms with van der Waals surface area (Å²) in [6.45, 7) is 9.00. The lowest BCUT2D eigenvalue weighted by molar-refractivity contribution is -0.154. The number of hydrogen-bond acceptors (Lipinski definition) is 9.